The molecular weight excluding hydrogens is 346 g/mol. The fourth-order valence-corrected chi connectivity index (χ4v) is 2.86. The molecule has 0 bridgehead atoms. The third-order valence-electron chi connectivity index (χ3n) is 4.16. The summed E-state index contributed by atoms with van der Waals surface area (Å²) in [6, 6.07) is 1.73. The molecule has 1 atom stereocenters. The average molecular weight is 365 g/mol. The molecule has 1 aromatic carbocycles. The van der Waals surface area contributed by atoms with Crippen LogP contribution in [0.3, 0.4) is 0 Å². The molecule has 0 saturated carbocycles. The highest BCUT2D eigenvalue weighted by atomic mass is 16.6. The number of nitrogens with two attached hydrogens (primary N) is 1. The number of fused-ring (bicyclic) bond motifs is 1. The fraction of sp³-hybridized carbons (Fsp3) is 0.438. The van der Waals surface area contributed by atoms with Gasteiger partial charge >= 0.3 is 11.9 Å². The number of rotatable bonds is 7. The molecule has 0 radical (unpaired) electrons. The lowest BCUT2D eigenvalue weighted by Gasteiger charge is -2.18. The third kappa shape index (κ3) is 4.14. The number of carboxylic acid groups (broad SMARTS) is 1. The van der Waals surface area contributed by atoms with Crippen LogP contribution in [0.15, 0.2) is 12.1 Å². The van der Waals surface area contributed by atoms with Crippen LogP contribution in [0.2, 0.25) is 0 Å². The summed E-state index contributed by atoms with van der Waals surface area (Å²) in [7, 11) is 1.23. The Morgan fingerprint density at radius 2 is 2.12 bits per heavy atom. The minimum absolute atomic E-state index is 0.0613. The Balaban J connectivity index is 2.27. The number of benzene rings is 1. The minimum Gasteiger partial charge on any atom is -0.480 e. The van der Waals surface area contributed by atoms with Gasteiger partial charge in [-0.25, -0.2) is 0 Å². The van der Waals surface area contributed by atoms with Crippen LogP contribution < -0.4 is 10.6 Å². The first-order valence-electron chi connectivity index (χ1n) is 7.90. The van der Waals surface area contributed by atoms with E-state index >= 15 is 0 Å². The van der Waals surface area contributed by atoms with Gasteiger partial charge in [0.1, 0.15) is 11.7 Å². The lowest BCUT2D eigenvalue weighted by atomic mass is 10.0. The number of anilines is 1. The van der Waals surface area contributed by atoms with Crippen molar-refractivity contribution in [1.82, 2.24) is 0 Å². The van der Waals surface area contributed by atoms with Crippen LogP contribution in [0, 0.1) is 10.1 Å². The van der Waals surface area contributed by atoms with Gasteiger partial charge in [0.05, 0.1) is 18.5 Å². The molecule has 0 unspecified atom stereocenters. The topological polar surface area (TPSA) is 153 Å². The highest BCUT2D eigenvalue weighted by Gasteiger charge is 2.33. The van der Waals surface area contributed by atoms with E-state index in [1.165, 1.54) is 18.1 Å². The van der Waals surface area contributed by atoms with E-state index in [4.69, 9.17) is 10.8 Å². The molecule has 1 amide bonds. The molecule has 0 saturated heterocycles. The van der Waals surface area contributed by atoms with Gasteiger partial charge in [-0.2, -0.15) is 0 Å². The predicted octanol–water partition coefficient (Wildman–Crippen LogP) is 0.392. The molecule has 1 aliphatic rings. The summed E-state index contributed by atoms with van der Waals surface area (Å²) in [5, 5.41) is 20.2. The van der Waals surface area contributed by atoms with Crippen LogP contribution in [0.25, 0.3) is 0 Å². The van der Waals surface area contributed by atoms with Crippen molar-refractivity contribution in [2.24, 2.45) is 5.73 Å². The Morgan fingerprint density at radius 3 is 2.69 bits per heavy atom. The number of nitro groups is 1. The number of methoxy groups -OCH3 is 1. The second kappa shape index (κ2) is 7.91. The predicted molar refractivity (Wildman–Crippen MR) is 89.7 cm³/mol. The summed E-state index contributed by atoms with van der Waals surface area (Å²) >= 11 is 0. The number of nitro benzene ring substituents is 1. The van der Waals surface area contributed by atoms with E-state index in [-0.39, 0.29) is 37.2 Å². The van der Waals surface area contributed by atoms with Crippen LogP contribution >= 0.6 is 0 Å². The summed E-state index contributed by atoms with van der Waals surface area (Å²) in [6.07, 6.45) is 0.107. The number of carbonyl (C=O) groups excluding carboxylic acids is 2. The zero-order valence-corrected chi connectivity index (χ0v) is 14.1. The van der Waals surface area contributed by atoms with Crippen LogP contribution in [-0.2, 0) is 32.0 Å². The van der Waals surface area contributed by atoms with Gasteiger partial charge in [-0.05, 0) is 24.0 Å². The molecule has 3 N–H and O–H groups in total. The number of carbonyl (C=O) groups is 3. The molecule has 0 aliphatic carbocycles. The number of aliphatic carboxylic acids is 1. The van der Waals surface area contributed by atoms with Gasteiger partial charge in [0, 0.05) is 19.0 Å². The van der Waals surface area contributed by atoms with Gasteiger partial charge in [0.2, 0.25) is 5.91 Å². The third-order valence-corrected chi connectivity index (χ3v) is 4.16. The zero-order chi connectivity index (χ0) is 19.4. The highest BCUT2D eigenvalue weighted by molar-refractivity contribution is 5.98. The Morgan fingerprint density at radius 1 is 1.42 bits per heavy atom. The van der Waals surface area contributed by atoms with Crippen molar-refractivity contribution in [3.63, 3.8) is 0 Å². The molecule has 140 valence electrons. The van der Waals surface area contributed by atoms with Crippen molar-refractivity contribution in [3.8, 4) is 0 Å². The quantitative estimate of drug-likeness (QED) is 0.400. The van der Waals surface area contributed by atoms with Crippen molar-refractivity contribution < 1.29 is 29.2 Å². The van der Waals surface area contributed by atoms with E-state index in [0.29, 0.717) is 17.5 Å². The molecule has 0 fully saturated rings. The number of nitrogens with zero attached hydrogens (tertiary/aromatic N) is 2. The molecule has 0 spiro atoms. The van der Waals surface area contributed by atoms with E-state index < -0.39 is 28.8 Å². The van der Waals surface area contributed by atoms with Gasteiger partial charge in [-0.15, -0.1) is 0 Å². The van der Waals surface area contributed by atoms with Crippen molar-refractivity contribution in [2.75, 3.05) is 18.6 Å². The molecule has 26 heavy (non-hydrogen) atoms. The maximum Gasteiger partial charge on any atom is 0.320 e. The molecular formula is C16H19N3O7. The average Bonchev–Trinajstić information content (AvgIpc) is 3.02. The molecule has 10 nitrogen and oxygen atoms in total. The van der Waals surface area contributed by atoms with E-state index in [2.05, 4.69) is 4.74 Å². The van der Waals surface area contributed by atoms with E-state index in [1.807, 2.05) is 0 Å². The number of amides is 1. The monoisotopic (exact) mass is 365 g/mol. The molecule has 1 heterocycles. The first-order chi connectivity index (χ1) is 12.2. The normalized spacial score (nSPS) is 13.8. The van der Waals surface area contributed by atoms with Crippen LogP contribution in [-0.4, -0.2) is 47.6 Å². The molecule has 2 rings (SSSR count). The summed E-state index contributed by atoms with van der Waals surface area (Å²) in [5.74, 6) is -2.16. The van der Waals surface area contributed by atoms with E-state index in [9.17, 15) is 24.5 Å². The lowest BCUT2D eigenvalue weighted by molar-refractivity contribution is -0.384. The standard InChI is InChI=1S/C16H19N3O7/c1-26-14(21)8-9-6-10-4-5-18(15(10)12(7-9)19(24)25)13(20)3-2-11(17)16(22)23/h6-7,11H,2-5,8,17H2,1H3,(H,22,23)/t11-/m0/s1. The Hall–Kier alpha value is -3.01. The van der Waals surface area contributed by atoms with Gasteiger partial charge in [0.15, 0.2) is 0 Å². The summed E-state index contributed by atoms with van der Waals surface area (Å²) in [4.78, 5) is 46.7. The molecule has 1 aromatic rings. The van der Waals surface area contributed by atoms with Gasteiger partial charge in [0.25, 0.3) is 5.69 Å². The SMILES string of the molecule is COC(=O)Cc1cc2c(c([N+](=O)[O-])c1)N(C(=O)CC[C@H](N)C(=O)O)CC2. The first-order valence-corrected chi connectivity index (χ1v) is 7.90. The zero-order valence-electron chi connectivity index (χ0n) is 14.1. The Labute approximate surface area is 148 Å². The Kier molecular flexibility index (Phi) is 5.88. The van der Waals surface area contributed by atoms with Crippen LogP contribution in [0.5, 0.6) is 0 Å². The number of ether oxygens (including phenoxy) is 1. The van der Waals surface area contributed by atoms with Crippen LogP contribution in [0.1, 0.15) is 24.0 Å². The maximum absolute atomic E-state index is 12.4. The Bertz CT molecular complexity index is 762. The highest BCUT2D eigenvalue weighted by Crippen LogP contribution is 2.38. The van der Waals surface area contributed by atoms with Crippen molar-refractivity contribution in [3.05, 3.63) is 33.4 Å². The second-order valence-electron chi connectivity index (χ2n) is 5.91. The fourth-order valence-electron chi connectivity index (χ4n) is 2.86. The van der Waals surface area contributed by atoms with Gasteiger partial charge in [-0.1, -0.05) is 6.07 Å². The summed E-state index contributed by atoms with van der Waals surface area (Å²) < 4.78 is 4.57. The first kappa shape index (κ1) is 19.3. The van der Waals surface area contributed by atoms with Crippen molar-refractivity contribution >= 4 is 29.2 Å². The van der Waals surface area contributed by atoms with E-state index in [1.54, 1.807) is 6.07 Å². The summed E-state index contributed by atoms with van der Waals surface area (Å²) in [6.45, 7) is 0.249. The minimum atomic E-state index is -1.21. The van der Waals surface area contributed by atoms with Gasteiger partial charge in [-0.3, -0.25) is 24.5 Å². The number of hydrogen-bond acceptors (Lipinski definition) is 7. The smallest absolute Gasteiger partial charge is 0.320 e. The molecule has 10 heteroatoms. The largest absolute Gasteiger partial charge is 0.480 e. The number of esters is 1. The number of hydrogen-bond donors (Lipinski definition) is 2. The molecule has 0 aromatic heterocycles. The van der Waals surface area contributed by atoms with Crippen LogP contribution in [0.4, 0.5) is 11.4 Å². The second-order valence-corrected chi connectivity index (χ2v) is 5.91. The number of carboxylic acids is 1. The summed E-state index contributed by atoms with van der Waals surface area (Å²) in [5.41, 5.74) is 6.34. The van der Waals surface area contributed by atoms with Crippen molar-refractivity contribution in [2.45, 2.75) is 31.7 Å². The van der Waals surface area contributed by atoms with Crippen molar-refractivity contribution in [1.29, 1.82) is 0 Å². The maximum atomic E-state index is 12.4. The van der Waals surface area contributed by atoms with E-state index in [0.717, 1.165) is 0 Å². The lowest BCUT2D eigenvalue weighted by Crippen LogP contribution is -2.34. The molecule has 1 aliphatic heterocycles. The van der Waals surface area contributed by atoms with Gasteiger partial charge < -0.3 is 20.5 Å².